The molecule has 1 aromatic heterocycles. The van der Waals surface area contributed by atoms with Crippen LogP contribution in [0.25, 0.3) is 0 Å². The molecule has 0 aliphatic heterocycles. The molecule has 0 radical (unpaired) electrons. The van der Waals surface area contributed by atoms with Crippen LogP contribution in [0, 0.1) is 26.7 Å². The monoisotopic (exact) mass is 312 g/mol. The van der Waals surface area contributed by atoms with Gasteiger partial charge in [0.25, 0.3) is 0 Å². The Bertz CT molecular complexity index is 694. The van der Waals surface area contributed by atoms with Crippen molar-refractivity contribution in [2.75, 3.05) is 5.32 Å². The molecule has 1 N–H and O–H groups in total. The van der Waals surface area contributed by atoms with Crippen LogP contribution >= 0.6 is 0 Å². The minimum atomic E-state index is -0.0779. The summed E-state index contributed by atoms with van der Waals surface area (Å²) in [5.41, 5.74) is 3.84. The van der Waals surface area contributed by atoms with Gasteiger partial charge in [0.1, 0.15) is 18.2 Å². The number of hydrogen-bond donors (Lipinski definition) is 1. The maximum Gasteiger partial charge on any atom is 0.228 e. The zero-order valence-corrected chi connectivity index (χ0v) is 14.4. The second-order valence-electron chi connectivity index (χ2n) is 6.04. The summed E-state index contributed by atoms with van der Waals surface area (Å²) in [7, 11) is 0. The third kappa shape index (κ3) is 4.09. The van der Waals surface area contributed by atoms with Gasteiger partial charge in [-0.25, -0.2) is 4.98 Å². The molecule has 0 fully saturated rings. The van der Waals surface area contributed by atoms with Crippen LogP contribution in [0.15, 0.2) is 30.3 Å². The first-order valence-electron chi connectivity index (χ1n) is 7.85. The fraction of sp³-hybridized carbons (Fsp3) is 0.368. The second kappa shape index (κ2) is 7.27. The van der Waals surface area contributed by atoms with Gasteiger partial charge in [-0.05, 0) is 37.5 Å². The second-order valence-corrected chi connectivity index (χ2v) is 6.04. The Balaban J connectivity index is 2.22. The van der Waals surface area contributed by atoms with E-state index in [1.54, 1.807) is 0 Å². The van der Waals surface area contributed by atoms with Gasteiger partial charge in [0, 0.05) is 5.92 Å². The molecule has 2 rings (SSSR count). The molecule has 0 aliphatic carbocycles. The van der Waals surface area contributed by atoms with E-state index < -0.39 is 0 Å². The minimum Gasteiger partial charge on any atom is -0.487 e. The Kier molecular flexibility index (Phi) is 5.37. The molecule has 0 atom stereocenters. The Hall–Kier alpha value is -2.36. The number of aryl methyl sites for hydroxylation is 1. The quantitative estimate of drug-likeness (QED) is 0.901. The van der Waals surface area contributed by atoms with Crippen molar-refractivity contribution >= 4 is 11.7 Å². The van der Waals surface area contributed by atoms with Crippen molar-refractivity contribution in [2.24, 2.45) is 5.92 Å². The Morgan fingerprint density at radius 2 is 1.78 bits per heavy atom. The maximum absolute atomic E-state index is 11.9. The predicted octanol–water partition coefficient (Wildman–Crippen LogP) is 4.18. The highest BCUT2D eigenvalue weighted by molar-refractivity contribution is 5.92. The molecule has 1 heterocycles. The molecule has 0 spiro atoms. The van der Waals surface area contributed by atoms with Gasteiger partial charge in [-0.2, -0.15) is 0 Å². The van der Waals surface area contributed by atoms with Gasteiger partial charge in [0.15, 0.2) is 0 Å². The third-order valence-electron chi connectivity index (χ3n) is 3.86. The van der Waals surface area contributed by atoms with Gasteiger partial charge in [-0.3, -0.25) is 4.79 Å². The van der Waals surface area contributed by atoms with E-state index in [-0.39, 0.29) is 11.8 Å². The van der Waals surface area contributed by atoms with Crippen LogP contribution in [0.4, 0.5) is 5.82 Å². The van der Waals surface area contributed by atoms with Gasteiger partial charge >= 0.3 is 0 Å². The fourth-order valence-corrected chi connectivity index (χ4v) is 2.25. The Labute approximate surface area is 137 Å². The molecule has 1 aromatic carbocycles. The van der Waals surface area contributed by atoms with E-state index >= 15 is 0 Å². The van der Waals surface area contributed by atoms with Gasteiger partial charge in [-0.1, -0.05) is 44.2 Å². The summed E-state index contributed by atoms with van der Waals surface area (Å²) < 4.78 is 5.97. The largest absolute Gasteiger partial charge is 0.487 e. The smallest absolute Gasteiger partial charge is 0.228 e. The summed E-state index contributed by atoms with van der Waals surface area (Å²) in [5.74, 6) is 1.29. The summed E-state index contributed by atoms with van der Waals surface area (Å²) in [5, 5.41) is 2.89. The van der Waals surface area contributed by atoms with E-state index in [1.807, 2.05) is 65.0 Å². The number of nitrogens with one attached hydrogen (secondary N) is 1. The lowest BCUT2D eigenvalue weighted by Crippen LogP contribution is -2.20. The summed E-state index contributed by atoms with van der Waals surface area (Å²) >= 11 is 0. The van der Waals surface area contributed by atoms with Crippen molar-refractivity contribution in [3.05, 3.63) is 52.7 Å². The molecule has 0 saturated carbocycles. The highest BCUT2D eigenvalue weighted by Crippen LogP contribution is 2.29. The molecule has 4 heteroatoms. The fourth-order valence-electron chi connectivity index (χ4n) is 2.25. The number of benzene rings is 1. The summed E-state index contributed by atoms with van der Waals surface area (Å²) in [6.07, 6.45) is 0. The summed E-state index contributed by atoms with van der Waals surface area (Å²) in [6.45, 7) is 10.1. The van der Waals surface area contributed by atoms with Crippen molar-refractivity contribution in [2.45, 2.75) is 41.2 Å². The van der Waals surface area contributed by atoms with E-state index in [1.165, 1.54) is 0 Å². The highest BCUT2D eigenvalue weighted by atomic mass is 16.5. The van der Waals surface area contributed by atoms with Crippen LogP contribution in [0.2, 0.25) is 0 Å². The van der Waals surface area contributed by atoms with Crippen LogP contribution < -0.4 is 10.1 Å². The molecule has 0 aliphatic rings. The van der Waals surface area contributed by atoms with Crippen LogP contribution in [0.1, 0.15) is 36.2 Å². The van der Waals surface area contributed by atoms with Crippen molar-refractivity contribution < 1.29 is 9.53 Å². The Morgan fingerprint density at radius 3 is 2.39 bits per heavy atom. The first-order chi connectivity index (χ1) is 10.9. The summed E-state index contributed by atoms with van der Waals surface area (Å²) in [4.78, 5) is 16.4. The standard InChI is InChI=1S/C19H24N2O2/c1-12(2)19(22)21-18-14(4)13(3)17(15(5)20-18)23-11-16-9-7-6-8-10-16/h6-10,12H,11H2,1-5H3,(H,20,21,22). The lowest BCUT2D eigenvalue weighted by molar-refractivity contribution is -0.118. The molecule has 0 saturated heterocycles. The van der Waals surface area contributed by atoms with Crippen LogP contribution in [0.3, 0.4) is 0 Å². The molecular weight excluding hydrogens is 288 g/mol. The Morgan fingerprint density at radius 1 is 1.13 bits per heavy atom. The van der Waals surface area contributed by atoms with E-state index in [0.29, 0.717) is 12.4 Å². The number of carbonyl (C=O) groups excluding carboxylic acids is 1. The number of hydrogen-bond acceptors (Lipinski definition) is 3. The molecule has 2 aromatic rings. The normalized spacial score (nSPS) is 10.7. The predicted molar refractivity (Wildman–Crippen MR) is 92.7 cm³/mol. The molecule has 122 valence electrons. The number of ether oxygens (including phenoxy) is 1. The van der Waals surface area contributed by atoms with Gasteiger partial charge < -0.3 is 10.1 Å². The van der Waals surface area contributed by atoms with E-state index in [0.717, 1.165) is 28.1 Å². The van der Waals surface area contributed by atoms with Crippen LogP contribution in [-0.4, -0.2) is 10.9 Å². The number of pyridine rings is 1. The number of anilines is 1. The van der Waals surface area contributed by atoms with E-state index in [9.17, 15) is 4.79 Å². The van der Waals surface area contributed by atoms with Crippen molar-refractivity contribution in [1.29, 1.82) is 0 Å². The van der Waals surface area contributed by atoms with Gasteiger partial charge in [-0.15, -0.1) is 0 Å². The van der Waals surface area contributed by atoms with E-state index in [2.05, 4.69) is 10.3 Å². The lowest BCUT2D eigenvalue weighted by Gasteiger charge is -2.17. The molecular formula is C19H24N2O2. The molecule has 4 nitrogen and oxygen atoms in total. The topological polar surface area (TPSA) is 51.2 Å². The number of amides is 1. The number of nitrogens with zero attached hydrogens (tertiary/aromatic N) is 1. The zero-order valence-electron chi connectivity index (χ0n) is 14.4. The SMILES string of the molecule is Cc1nc(NC(=O)C(C)C)c(C)c(C)c1OCc1ccccc1. The molecule has 0 unspecified atom stereocenters. The number of aromatic nitrogens is 1. The first kappa shape index (κ1) is 17.0. The van der Waals surface area contributed by atoms with Crippen molar-refractivity contribution in [1.82, 2.24) is 4.98 Å². The van der Waals surface area contributed by atoms with Crippen molar-refractivity contribution in [3.63, 3.8) is 0 Å². The third-order valence-corrected chi connectivity index (χ3v) is 3.86. The average Bonchev–Trinajstić information content (AvgIpc) is 2.53. The van der Waals surface area contributed by atoms with Crippen LogP contribution in [-0.2, 0) is 11.4 Å². The average molecular weight is 312 g/mol. The number of carbonyl (C=O) groups is 1. The summed E-state index contributed by atoms with van der Waals surface area (Å²) in [6, 6.07) is 10.0. The molecule has 23 heavy (non-hydrogen) atoms. The first-order valence-corrected chi connectivity index (χ1v) is 7.85. The van der Waals surface area contributed by atoms with Crippen LogP contribution in [0.5, 0.6) is 5.75 Å². The molecule has 0 bridgehead atoms. The highest BCUT2D eigenvalue weighted by Gasteiger charge is 2.16. The lowest BCUT2D eigenvalue weighted by atomic mass is 10.1. The van der Waals surface area contributed by atoms with Gasteiger partial charge in [0.2, 0.25) is 5.91 Å². The minimum absolute atomic E-state index is 0.0302. The number of rotatable bonds is 5. The van der Waals surface area contributed by atoms with E-state index in [4.69, 9.17) is 4.74 Å². The molecule has 1 amide bonds. The maximum atomic E-state index is 11.9. The zero-order chi connectivity index (χ0) is 17.0. The van der Waals surface area contributed by atoms with Gasteiger partial charge in [0.05, 0.1) is 5.69 Å². The van der Waals surface area contributed by atoms with Crippen molar-refractivity contribution in [3.8, 4) is 5.75 Å².